The van der Waals surface area contributed by atoms with Gasteiger partial charge < -0.3 is 9.32 Å². The maximum absolute atomic E-state index is 6.54. The number of hydrogen-bond acceptors (Lipinski definition) is 2. The molecule has 1 heterocycles. The van der Waals surface area contributed by atoms with Gasteiger partial charge >= 0.3 is 0 Å². The summed E-state index contributed by atoms with van der Waals surface area (Å²) in [6.07, 6.45) is 0. The van der Waals surface area contributed by atoms with Gasteiger partial charge in [-0.25, -0.2) is 0 Å². The molecule has 0 unspecified atom stereocenters. The first-order valence-corrected chi connectivity index (χ1v) is 21.2. The van der Waals surface area contributed by atoms with Crippen molar-refractivity contribution < 1.29 is 4.42 Å². The van der Waals surface area contributed by atoms with Crippen molar-refractivity contribution >= 4 is 71.3 Å². The number of hydrogen-bond donors (Lipinski definition) is 0. The minimum absolute atomic E-state index is 0.887. The van der Waals surface area contributed by atoms with E-state index in [1.807, 2.05) is 0 Å². The molecule has 0 fully saturated rings. The highest BCUT2D eigenvalue weighted by atomic mass is 16.3. The summed E-state index contributed by atoms with van der Waals surface area (Å²) in [6.45, 7) is 0. The second-order valence-electron chi connectivity index (χ2n) is 16.1. The molecule has 0 saturated carbocycles. The summed E-state index contributed by atoms with van der Waals surface area (Å²) < 4.78 is 6.54. The van der Waals surface area contributed by atoms with Gasteiger partial charge in [-0.3, -0.25) is 0 Å². The number of benzene rings is 11. The molecule has 290 valence electrons. The third-order valence-electron chi connectivity index (χ3n) is 12.5. The molecule has 2 nitrogen and oxygen atoms in total. The van der Waals surface area contributed by atoms with Crippen LogP contribution in [0.25, 0.3) is 98.8 Å². The molecule has 0 aliphatic heterocycles. The Hall–Kier alpha value is -8.20. The van der Waals surface area contributed by atoms with Gasteiger partial charge in [0.25, 0.3) is 0 Å². The molecule has 0 radical (unpaired) electrons. The fourth-order valence-corrected chi connectivity index (χ4v) is 9.41. The van der Waals surface area contributed by atoms with Crippen molar-refractivity contribution in [2.24, 2.45) is 0 Å². The van der Waals surface area contributed by atoms with Crippen molar-refractivity contribution in [2.45, 2.75) is 0 Å². The standard InChI is InChI=1S/C60H39NO/c1-2-12-40(13-3-1)45-16-10-17-46(38-45)41-24-31-48(32-25-41)61(49-33-26-44(27-34-49)51-21-11-22-54-50-18-6-4-14-42(50)28-35-55(51)54)58-23-9-8-19-52(58)47-30-37-59-57(39-47)56-36-29-43-15-5-7-20-53(43)60(56)62-59/h1-39H. The molecule has 0 amide bonds. The number of anilines is 3. The number of furan rings is 1. The number of nitrogens with zero attached hydrogens (tertiary/aromatic N) is 1. The highest BCUT2D eigenvalue weighted by Gasteiger charge is 2.20. The molecule has 0 aliphatic rings. The average Bonchev–Trinajstić information content (AvgIpc) is 3.73. The molecule has 0 N–H and O–H groups in total. The van der Waals surface area contributed by atoms with E-state index < -0.39 is 0 Å². The Kier molecular flexibility index (Phi) is 8.53. The molecule has 0 bridgehead atoms. The lowest BCUT2D eigenvalue weighted by Gasteiger charge is -2.28. The monoisotopic (exact) mass is 789 g/mol. The summed E-state index contributed by atoms with van der Waals surface area (Å²) in [5.41, 5.74) is 14.5. The highest BCUT2D eigenvalue weighted by Crippen LogP contribution is 2.44. The van der Waals surface area contributed by atoms with Crippen LogP contribution in [0.5, 0.6) is 0 Å². The zero-order chi connectivity index (χ0) is 41.0. The summed E-state index contributed by atoms with van der Waals surface area (Å²) in [4.78, 5) is 2.39. The molecule has 0 atom stereocenters. The normalized spacial score (nSPS) is 11.5. The molecule has 1 aromatic heterocycles. The Labute approximate surface area is 360 Å². The van der Waals surface area contributed by atoms with Crippen LogP contribution < -0.4 is 4.90 Å². The van der Waals surface area contributed by atoms with Gasteiger partial charge in [0.2, 0.25) is 0 Å². The zero-order valence-corrected chi connectivity index (χ0v) is 33.9. The highest BCUT2D eigenvalue weighted by molar-refractivity contribution is 6.16. The molecular weight excluding hydrogens is 751 g/mol. The van der Waals surface area contributed by atoms with Gasteiger partial charge in [-0.2, -0.15) is 0 Å². The van der Waals surface area contributed by atoms with Crippen LogP contribution in [0.4, 0.5) is 17.1 Å². The summed E-state index contributed by atoms with van der Waals surface area (Å²) >= 11 is 0. The predicted molar refractivity (Wildman–Crippen MR) is 263 cm³/mol. The van der Waals surface area contributed by atoms with Crippen molar-refractivity contribution in [1.29, 1.82) is 0 Å². The van der Waals surface area contributed by atoms with E-state index in [-0.39, 0.29) is 0 Å². The Morgan fingerprint density at radius 3 is 1.60 bits per heavy atom. The maximum atomic E-state index is 6.54. The van der Waals surface area contributed by atoms with E-state index >= 15 is 0 Å². The smallest absolute Gasteiger partial charge is 0.143 e. The first-order valence-electron chi connectivity index (χ1n) is 21.2. The minimum atomic E-state index is 0.887. The lowest BCUT2D eigenvalue weighted by Crippen LogP contribution is -2.11. The van der Waals surface area contributed by atoms with Crippen LogP contribution in [-0.2, 0) is 0 Å². The zero-order valence-electron chi connectivity index (χ0n) is 33.9. The Balaban J connectivity index is 0.986. The van der Waals surface area contributed by atoms with Gasteiger partial charge in [0.15, 0.2) is 0 Å². The molecule has 0 aliphatic carbocycles. The average molecular weight is 790 g/mol. The van der Waals surface area contributed by atoms with Gasteiger partial charge in [0.05, 0.1) is 5.69 Å². The molecular formula is C60H39NO. The fraction of sp³-hybridized carbons (Fsp3) is 0. The van der Waals surface area contributed by atoms with Crippen LogP contribution in [0.2, 0.25) is 0 Å². The number of para-hydroxylation sites is 1. The summed E-state index contributed by atoms with van der Waals surface area (Å²) in [5.74, 6) is 0. The number of fused-ring (bicyclic) bond motifs is 8. The van der Waals surface area contributed by atoms with E-state index in [1.165, 1.54) is 60.3 Å². The number of rotatable bonds is 7. The molecule has 62 heavy (non-hydrogen) atoms. The molecule has 0 spiro atoms. The Morgan fingerprint density at radius 1 is 0.274 bits per heavy atom. The van der Waals surface area contributed by atoms with Crippen LogP contribution >= 0.6 is 0 Å². The van der Waals surface area contributed by atoms with Crippen molar-refractivity contribution in [2.75, 3.05) is 4.90 Å². The molecule has 2 heteroatoms. The second-order valence-corrected chi connectivity index (χ2v) is 16.1. The molecule has 12 aromatic rings. The lowest BCUT2D eigenvalue weighted by atomic mass is 9.94. The predicted octanol–water partition coefficient (Wildman–Crippen LogP) is 17.2. The van der Waals surface area contributed by atoms with Crippen molar-refractivity contribution in [3.63, 3.8) is 0 Å². The van der Waals surface area contributed by atoms with E-state index in [0.29, 0.717) is 0 Å². The van der Waals surface area contributed by atoms with Crippen LogP contribution in [-0.4, -0.2) is 0 Å². The van der Waals surface area contributed by atoms with Gasteiger partial charge in [-0.1, -0.05) is 182 Å². The quantitative estimate of drug-likeness (QED) is 0.150. The Bertz CT molecular complexity index is 3620. The largest absolute Gasteiger partial charge is 0.455 e. The fourth-order valence-electron chi connectivity index (χ4n) is 9.41. The van der Waals surface area contributed by atoms with Crippen LogP contribution in [0.15, 0.2) is 241 Å². The lowest BCUT2D eigenvalue weighted by molar-refractivity contribution is 0.672. The SMILES string of the molecule is c1ccc(-c2cccc(-c3ccc(N(c4ccc(-c5cccc6c5ccc5ccccc56)cc4)c4ccccc4-c4ccc5oc6c7ccccc7ccc6c5c4)cc3)c2)cc1. The van der Waals surface area contributed by atoms with E-state index in [0.717, 1.165) is 55.5 Å². The Morgan fingerprint density at radius 2 is 0.823 bits per heavy atom. The minimum Gasteiger partial charge on any atom is -0.455 e. The summed E-state index contributed by atoms with van der Waals surface area (Å²) in [6, 6.07) is 85.5. The third-order valence-corrected chi connectivity index (χ3v) is 12.5. The van der Waals surface area contributed by atoms with Crippen molar-refractivity contribution in [1.82, 2.24) is 0 Å². The van der Waals surface area contributed by atoms with E-state index in [2.05, 4.69) is 241 Å². The topological polar surface area (TPSA) is 16.4 Å². The van der Waals surface area contributed by atoms with E-state index in [9.17, 15) is 0 Å². The van der Waals surface area contributed by atoms with E-state index in [4.69, 9.17) is 4.42 Å². The van der Waals surface area contributed by atoms with Gasteiger partial charge in [0.1, 0.15) is 11.2 Å². The van der Waals surface area contributed by atoms with Gasteiger partial charge in [-0.15, -0.1) is 0 Å². The third kappa shape index (κ3) is 6.12. The van der Waals surface area contributed by atoms with Crippen molar-refractivity contribution in [3.05, 3.63) is 237 Å². The van der Waals surface area contributed by atoms with Crippen LogP contribution in [0.3, 0.4) is 0 Å². The first kappa shape index (κ1) is 35.7. The summed E-state index contributed by atoms with van der Waals surface area (Å²) in [7, 11) is 0. The maximum Gasteiger partial charge on any atom is 0.143 e. The van der Waals surface area contributed by atoms with Crippen LogP contribution in [0.1, 0.15) is 0 Å². The summed E-state index contributed by atoms with van der Waals surface area (Å²) in [5, 5.41) is 9.59. The second kappa shape index (κ2) is 14.8. The van der Waals surface area contributed by atoms with Gasteiger partial charge in [0, 0.05) is 33.1 Å². The van der Waals surface area contributed by atoms with Crippen molar-refractivity contribution in [3.8, 4) is 44.5 Å². The molecule has 0 saturated heterocycles. The van der Waals surface area contributed by atoms with E-state index in [1.54, 1.807) is 0 Å². The van der Waals surface area contributed by atoms with Gasteiger partial charge in [-0.05, 0) is 120 Å². The van der Waals surface area contributed by atoms with Crippen LogP contribution in [0, 0.1) is 0 Å². The molecule has 11 aromatic carbocycles. The molecule has 12 rings (SSSR count). The first-order chi connectivity index (χ1) is 30.7.